The normalized spacial score (nSPS) is 12.4. The molecule has 1 aromatic rings. The molecule has 0 aliphatic carbocycles. The van der Waals surface area contributed by atoms with Gasteiger partial charge in [0.2, 0.25) is 18.6 Å². The molecule has 1 heterocycles. The maximum atomic E-state index is 11.5. The Morgan fingerprint density at radius 1 is 1.20 bits per heavy atom. The SMILES string of the molecule is CC(=O)NCCNC(=O)/C=C/c1ccc2c(c1)OCO2. The Labute approximate surface area is 116 Å². The van der Waals surface area contributed by atoms with Crippen molar-refractivity contribution in [1.82, 2.24) is 10.6 Å². The van der Waals surface area contributed by atoms with E-state index < -0.39 is 0 Å². The van der Waals surface area contributed by atoms with E-state index in [1.807, 2.05) is 12.1 Å². The number of carbonyl (C=O) groups excluding carboxylic acids is 2. The summed E-state index contributed by atoms with van der Waals surface area (Å²) in [5.41, 5.74) is 0.853. The second-order valence-corrected chi connectivity index (χ2v) is 4.22. The molecule has 0 saturated heterocycles. The van der Waals surface area contributed by atoms with Gasteiger partial charge in [0.1, 0.15) is 0 Å². The second-order valence-electron chi connectivity index (χ2n) is 4.22. The Balaban J connectivity index is 1.80. The first-order valence-corrected chi connectivity index (χ1v) is 6.25. The molecule has 106 valence electrons. The van der Waals surface area contributed by atoms with E-state index in [2.05, 4.69) is 10.6 Å². The number of hydrogen-bond acceptors (Lipinski definition) is 4. The van der Waals surface area contributed by atoms with Crippen LogP contribution in [0.4, 0.5) is 0 Å². The maximum absolute atomic E-state index is 11.5. The summed E-state index contributed by atoms with van der Waals surface area (Å²) in [6.45, 7) is 2.47. The van der Waals surface area contributed by atoms with Gasteiger partial charge in [0, 0.05) is 26.1 Å². The molecule has 1 aromatic carbocycles. The lowest BCUT2D eigenvalue weighted by Crippen LogP contribution is -2.32. The van der Waals surface area contributed by atoms with Crippen LogP contribution in [-0.4, -0.2) is 31.7 Å². The average Bonchev–Trinajstić information content (AvgIpc) is 2.88. The van der Waals surface area contributed by atoms with Crippen LogP contribution in [0, 0.1) is 0 Å². The number of hydrogen-bond donors (Lipinski definition) is 2. The lowest BCUT2D eigenvalue weighted by Gasteiger charge is -2.02. The van der Waals surface area contributed by atoms with Gasteiger partial charge in [-0.2, -0.15) is 0 Å². The number of nitrogens with one attached hydrogen (secondary N) is 2. The highest BCUT2D eigenvalue weighted by Gasteiger charge is 2.12. The molecule has 0 unspecified atom stereocenters. The largest absolute Gasteiger partial charge is 0.454 e. The minimum Gasteiger partial charge on any atom is -0.454 e. The zero-order chi connectivity index (χ0) is 14.4. The molecule has 0 radical (unpaired) electrons. The van der Waals surface area contributed by atoms with E-state index in [0.717, 1.165) is 5.56 Å². The van der Waals surface area contributed by atoms with Gasteiger partial charge < -0.3 is 20.1 Å². The molecule has 0 saturated carbocycles. The van der Waals surface area contributed by atoms with Crippen LogP contribution in [0.2, 0.25) is 0 Å². The minimum absolute atomic E-state index is 0.116. The van der Waals surface area contributed by atoms with Gasteiger partial charge in [-0.25, -0.2) is 0 Å². The Morgan fingerprint density at radius 3 is 2.75 bits per heavy atom. The number of fused-ring (bicyclic) bond motifs is 1. The molecular weight excluding hydrogens is 260 g/mol. The van der Waals surface area contributed by atoms with E-state index in [1.165, 1.54) is 13.0 Å². The number of amides is 2. The monoisotopic (exact) mass is 276 g/mol. The summed E-state index contributed by atoms with van der Waals surface area (Å²) >= 11 is 0. The molecule has 6 nitrogen and oxygen atoms in total. The predicted molar refractivity (Wildman–Crippen MR) is 73.3 cm³/mol. The maximum Gasteiger partial charge on any atom is 0.244 e. The van der Waals surface area contributed by atoms with Crippen LogP contribution in [0.3, 0.4) is 0 Å². The average molecular weight is 276 g/mol. The van der Waals surface area contributed by atoms with Crippen molar-refractivity contribution in [3.8, 4) is 11.5 Å². The van der Waals surface area contributed by atoms with Gasteiger partial charge in [-0.1, -0.05) is 6.07 Å². The second kappa shape index (κ2) is 6.60. The number of carbonyl (C=O) groups is 2. The number of benzene rings is 1. The molecule has 1 aliphatic rings. The summed E-state index contributed by atoms with van der Waals surface area (Å²) in [6, 6.07) is 5.45. The first-order valence-electron chi connectivity index (χ1n) is 6.25. The third-order valence-corrected chi connectivity index (χ3v) is 2.62. The summed E-state index contributed by atoms with van der Waals surface area (Å²) in [7, 11) is 0. The molecule has 0 bridgehead atoms. The molecule has 0 atom stereocenters. The van der Waals surface area contributed by atoms with Gasteiger partial charge in [0.05, 0.1) is 0 Å². The van der Waals surface area contributed by atoms with Crippen molar-refractivity contribution in [2.75, 3.05) is 19.9 Å². The minimum atomic E-state index is -0.215. The van der Waals surface area contributed by atoms with E-state index in [9.17, 15) is 9.59 Å². The van der Waals surface area contributed by atoms with Crippen LogP contribution in [-0.2, 0) is 9.59 Å². The summed E-state index contributed by atoms with van der Waals surface area (Å²) in [5, 5.41) is 5.26. The van der Waals surface area contributed by atoms with E-state index in [-0.39, 0.29) is 18.6 Å². The number of rotatable bonds is 5. The lowest BCUT2D eigenvalue weighted by atomic mass is 10.2. The van der Waals surface area contributed by atoms with Gasteiger partial charge in [-0.05, 0) is 23.8 Å². The summed E-state index contributed by atoms with van der Waals surface area (Å²) in [6.07, 6.45) is 3.13. The first-order chi connectivity index (χ1) is 9.65. The van der Waals surface area contributed by atoms with E-state index in [0.29, 0.717) is 24.6 Å². The van der Waals surface area contributed by atoms with Gasteiger partial charge in [-0.3, -0.25) is 9.59 Å². The van der Waals surface area contributed by atoms with Crippen LogP contribution in [0.15, 0.2) is 24.3 Å². The zero-order valence-corrected chi connectivity index (χ0v) is 11.1. The Hall–Kier alpha value is -2.50. The predicted octanol–water partition coefficient (Wildman–Crippen LogP) is 0.681. The van der Waals surface area contributed by atoms with Crippen molar-refractivity contribution >= 4 is 17.9 Å². The van der Waals surface area contributed by atoms with Crippen molar-refractivity contribution in [1.29, 1.82) is 0 Å². The van der Waals surface area contributed by atoms with Crippen molar-refractivity contribution in [2.24, 2.45) is 0 Å². The lowest BCUT2D eigenvalue weighted by molar-refractivity contribution is -0.119. The summed E-state index contributed by atoms with van der Waals surface area (Å²) < 4.78 is 10.5. The quantitative estimate of drug-likeness (QED) is 0.612. The smallest absolute Gasteiger partial charge is 0.244 e. The molecule has 0 spiro atoms. The van der Waals surface area contributed by atoms with E-state index in [1.54, 1.807) is 12.1 Å². The van der Waals surface area contributed by atoms with Gasteiger partial charge >= 0.3 is 0 Å². The van der Waals surface area contributed by atoms with Crippen molar-refractivity contribution in [2.45, 2.75) is 6.92 Å². The van der Waals surface area contributed by atoms with Crippen LogP contribution >= 0.6 is 0 Å². The topological polar surface area (TPSA) is 76.7 Å². The zero-order valence-electron chi connectivity index (χ0n) is 11.1. The summed E-state index contributed by atoms with van der Waals surface area (Å²) in [4.78, 5) is 22.2. The first kappa shape index (κ1) is 13.9. The van der Waals surface area contributed by atoms with Crippen LogP contribution in [0.1, 0.15) is 12.5 Å². The van der Waals surface area contributed by atoms with Crippen LogP contribution < -0.4 is 20.1 Å². The highest BCUT2D eigenvalue weighted by molar-refractivity contribution is 5.91. The van der Waals surface area contributed by atoms with Crippen LogP contribution in [0.5, 0.6) is 11.5 Å². The fraction of sp³-hybridized carbons (Fsp3) is 0.286. The van der Waals surface area contributed by atoms with Gasteiger partial charge in [0.25, 0.3) is 0 Å². The highest BCUT2D eigenvalue weighted by atomic mass is 16.7. The molecule has 0 aromatic heterocycles. The van der Waals surface area contributed by atoms with Gasteiger partial charge in [0.15, 0.2) is 11.5 Å². The molecule has 2 rings (SSSR count). The molecular formula is C14H16N2O4. The fourth-order valence-electron chi connectivity index (χ4n) is 1.67. The van der Waals surface area contributed by atoms with Crippen LogP contribution in [0.25, 0.3) is 6.08 Å². The highest BCUT2D eigenvalue weighted by Crippen LogP contribution is 2.32. The molecule has 2 amide bonds. The molecule has 6 heteroatoms. The van der Waals surface area contributed by atoms with Crippen molar-refractivity contribution < 1.29 is 19.1 Å². The van der Waals surface area contributed by atoms with Gasteiger partial charge in [-0.15, -0.1) is 0 Å². The summed E-state index contributed by atoms with van der Waals surface area (Å²) in [5.74, 6) is 1.06. The molecule has 20 heavy (non-hydrogen) atoms. The molecule has 1 aliphatic heterocycles. The number of ether oxygens (including phenoxy) is 2. The third-order valence-electron chi connectivity index (χ3n) is 2.62. The standard InChI is InChI=1S/C14H16N2O4/c1-10(17)15-6-7-16-14(18)5-3-11-2-4-12-13(8-11)20-9-19-12/h2-5,8H,6-7,9H2,1H3,(H,15,17)(H,16,18)/b5-3+. The Bertz CT molecular complexity index is 540. The third kappa shape index (κ3) is 4.01. The Kier molecular flexibility index (Phi) is 4.60. The van der Waals surface area contributed by atoms with E-state index in [4.69, 9.17) is 9.47 Å². The molecule has 0 fully saturated rings. The van der Waals surface area contributed by atoms with E-state index >= 15 is 0 Å². The Morgan fingerprint density at radius 2 is 1.95 bits per heavy atom. The van der Waals surface area contributed by atoms with Crippen molar-refractivity contribution in [3.05, 3.63) is 29.8 Å². The molecule has 2 N–H and O–H groups in total. The van der Waals surface area contributed by atoms with Crippen molar-refractivity contribution in [3.63, 3.8) is 0 Å². The fourth-order valence-corrected chi connectivity index (χ4v) is 1.67.